The maximum atomic E-state index is 8.84. The zero-order valence-corrected chi connectivity index (χ0v) is 11.0. The van der Waals surface area contributed by atoms with Gasteiger partial charge in [-0.05, 0) is 23.8 Å². The average Bonchev–Trinajstić information content (AvgIpc) is 2.39. The van der Waals surface area contributed by atoms with Crippen molar-refractivity contribution in [1.29, 1.82) is 5.26 Å². The Kier molecular flexibility index (Phi) is 3.80. The van der Waals surface area contributed by atoms with Crippen molar-refractivity contribution in [1.82, 2.24) is 4.98 Å². The molecule has 0 amide bonds. The number of hydrogen-bond acceptors (Lipinski definition) is 4. The van der Waals surface area contributed by atoms with Crippen LogP contribution >= 0.6 is 15.9 Å². The highest BCUT2D eigenvalue weighted by Gasteiger charge is 2.07. The minimum absolute atomic E-state index is 0.275. The molecule has 0 atom stereocenters. The van der Waals surface area contributed by atoms with Crippen LogP contribution < -0.4 is 10.5 Å². The quantitative estimate of drug-likeness (QED) is 0.946. The number of benzene rings is 1. The molecule has 0 fully saturated rings. The fourth-order valence-corrected chi connectivity index (χ4v) is 1.66. The zero-order chi connectivity index (χ0) is 13.0. The van der Waals surface area contributed by atoms with Gasteiger partial charge in [-0.2, -0.15) is 5.26 Å². The Hall–Kier alpha value is -2.06. The number of pyridine rings is 1. The summed E-state index contributed by atoms with van der Waals surface area (Å²) < 4.78 is 6.51. The molecule has 2 N–H and O–H groups in total. The minimum Gasteiger partial charge on any atom is -0.471 e. The molecule has 0 saturated heterocycles. The molecular weight excluding hydrogens is 294 g/mol. The fraction of sp³-hybridized carbons (Fsp3) is 0.0769. The highest BCUT2D eigenvalue weighted by atomic mass is 79.9. The van der Waals surface area contributed by atoms with Crippen LogP contribution in [0.4, 0.5) is 5.69 Å². The summed E-state index contributed by atoms with van der Waals surface area (Å²) in [5.74, 6) is 0.289. The molecule has 1 aromatic heterocycles. The van der Waals surface area contributed by atoms with E-state index in [-0.39, 0.29) is 11.6 Å². The number of nitrogens with two attached hydrogens (primary N) is 1. The largest absolute Gasteiger partial charge is 0.471 e. The molecule has 0 spiro atoms. The minimum atomic E-state index is 0.275. The molecule has 0 saturated carbocycles. The van der Waals surface area contributed by atoms with Crippen LogP contribution in [0.25, 0.3) is 0 Å². The Morgan fingerprint density at radius 1 is 1.28 bits per heavy atom. The van der Waals surface area contributed by atoms with Crippen molar-refractivity contribution in [2.24, 2.45) is 0 Å². The van der Waals surface area contributed by atoms with Gasteiger partial charge in [-0.15, -0.1) is 0 Å². The lowest BCUT2D eigenvalue weighted by Crippen LogP contribution is -2.02. The Balaban J connectivity index is 2.11. The molecule has 5 heteroatoms. The number of ether oxygens (including phenoxy) is 1. The van der Waals surface area contributed by atoms with Crippen LogP contribution in [0.1, 0.15) is 11.1 Å². The van der Waals surface area contributed by atoms with Crippen molar-refractivity contribution in [3.05, 3.63) is 52.1 Å². The first-order valence-corrected chi connectivity index (χ1v) is 6.02. The van der Waals surface area contributed by atoms with Gasteiger partial charge in [0.2, 0.25) is 5.88 Å². The van der Waals surface area contributed by atoms with E-state index in [2.05, 4.69) is 20.9 Å². The molecule has 0 aliphatic heterocycles. The summed E-state index contributed by atoms with van der Waals surface area (Å²) in [4.78, 5) is 4.01. The van der Waals surface area contributed by atoms with E-state index in [1.165, 1.54) is 6.20 Å². The van der Waals surface area contributed by atoms with Crippen molar-refractivity contribution in [2.75, 3.05) is 5.73 Å². The topological polar surface area (TPSA) is 71.9 Å². The van der Waals surface area contributed by atoms with Crippen LogP contribution in [0, 0.1) is 11.3 Å². The van der Waals surface area contributed by atoms with E-state index in [0.29, 0.717) is 12.2 Å². The molecule has 1 heterocycles. The highest BCUT2D eigenvalue weighted by Crippen LogP contribution is 2.22. The van der Waals surface area contributed by atoms with E-state index < -0.39 is 0 Å². The highest BCUT2D eigenvalue weighted by molar-refractivity contribution is 9.10. The lowest BCUT2D eigenvalue weighted by Gasteiger charge is -2.08. The number of aromatic nitrogens is 1. The van der Waals surface area contributed by atoms with Crippen LogP contribution in [-0.2, 0) is 6.61 Å². The molecule has 2 rings (SSSR count). The summed E-state index contributed by atoms with van der Waals surface area (Å²) >= 11 is 3.36. The van der Waals surface area contributed by atoms with Crippen LogP contribution in [0.2, 0.25) is 0 Å². The average molecular weight is 304 g/mol. The van der Waals surface area contributed by atoms with Crippen molar-refractivity contribution < 1.29 is 4.74 Å². The van der Waals surface area contributed by atoms with Gasteiger partial charge in [-0.25, -0.2) is 4.98 Å². The Morgan fingerprint density at radius 3 is 2.67 bits per heavy atom. The summed E-state index contributed by atoms with van der Waals surface area (Å²) in [5.41, 5.74) is 7.41. The molecule has 0 bridgehead atoms. The van der Waals surface area contributed by atoms with Gasteiger partial charge in [0.1, 0.15) is 18.4 Å². The first kappa shape index (κ1) is 12.4. The summed E-state index contributed by atoms with van der Waals surface area (Å²) in [6.45, 7) is 0.360. The number of nitrogen functional groups attached to an aromatic ring is 1. The van der Waals surface area contributed by atoms with Crippen LogP contribution in [0.5, 0.6) is 5.88 Å². The summed E-state index contributed by atoms with van der Waals surface area (Å²) in [5, 5.41) is 8.84. The Morgan fingerprint density at radius 2 is 2.00 bits per heavy atom. The Bertz CT molecular complexity index is 590. The van der Waals surface area contributed by atoms with Gasteiger partial charge in [0.25, 0.3) is 0 Å². The molecule has 90 valence electrons. The van der Waals surface area contributed by atoms with E-state index in [0.717, 1.165) is 10.0 Å². The van der Waals surface area contributed by atoms with Crippen molar-refractivity contribution in [3.8, 4) is 11.9 Å². The fourth-order valence-electron chi connectivity index (χ4n) is 1.40. The maximum absolute atomic E-state index is 8.84. The van der Waals surface area contributed by atoms with Crippen molar-refractivity contribution >= 4 is 21.6 Å². The lowest BCUT2D eigenvalue weighted by molar-refractivity contribution is 0.295. The normalized spacial score (nSPS) is 9.78. The number of halogens is 1. The molecule has 0 aliphatic carbocycles. The van der Waals surface area contributed by atoms with Gasteiger partial charge in [0.15, 0.2) is 0 Å². The Labute approximate surface area is 113 Å². The standard InChI is InChI=1S/C13H10BrN3O/c14-11-3-1-9(2-4-11)8-18-13-12(16)10(7-15)5-6-17-13/h1-6H,8,16H2. The number of anilines is 1. The van der Waals surface area contributed by atoms with Crippen LogP contribution in [0.3, 0.4) is 0 Å². The molecule has 18 heavy (non-hydrogen) atoms. The third-order valence-electron chi connectivity index (χ3n) is 2.36. The molecule has 2 aromatic rings. The second kappa shape index (κ2) is 5.52. The SMILES string of the molecule is N#Cc1ccnc(OCc2ccc(Br)cc2)c1N. The predicted molar refractivity (Wildman–Crippen MR) is 71.8 cm³/mol. The summed E-state index contributed by atoms with van der Waals surface area (Å²) in [6.07, 6.45) is 1.51. The second-order valence-electron chi connectivity index (χ2n) is 3.60. The first-order chi connectivity index (χ1) is 8.70. The molecule has 0 radical (unpaired) electrons. The van der Waals surface area contributed by atoms with Crippen LogP contribution in [0.15, 0.2) is 41.0 Å². The zero-order valence-electron chi connectivity index (χ0n) is 9.43. The number of nitriles is 1. The molecule has 4 nitrogen and oxygen atoms in total. The van der Waals surface area contributed by atoms with E-state index >= 15 is 0 Å². The maximum Gasteiger partial charge on any atom is 0.238 e. The summed E-state index contributed by atoms with van der Waals surface area (Å²) in [6, 6.07) is 11.3. The summed E-state index contributed by atoms with van der Waals surface area (Å²) in [7, 11) is 0. The number of nitrogens with zero attached hydrogens (tertiary/aromatic N) is 2. The monoisotopic (exact) mass is 303 g/mol. The van der Waals surface area contributed by atoms with E-state index in [1.807, 2.05) is 30.3 Å². The van der Waals surface area contributed by atoms with Crippen molar-refractivity contribution in [2.45, 2.75) is 6.61 Å². The third kappa shape index (κ3) is 2.79. The van der Waals surface area contributed by atoms with E-state index in [9.17, 15) is 0 Å². The number of hydrogen-bond donors (Lipinski definition) is 1. The molecule has 0 unspecified atom stereocenters. The van der Waals surface area contributed by atoms with E-state index in [4.69, 9.17) is 15.7 Å². The van der Waals surface area contributed by atoms with E-state index in [1.54, 1.807) is 6.07 Å². The van der Waals surface area contributed by atoms with Gasteiger partial charge in [0.05, 0.1) is 5.56 Å². The van der Waals surface area contributed by atoms with Gasteiger partial charge >= 0.3 is 0 Å². The van der Waals surface area contributed by atoms with Crippen molar-refractivity contribution in [3.63, 3.8) is 0 Å². The first-order valence-electron chi connectivity index (χ1n) is 5.22. The van der Waals surface area contributed by atoms with Gasteiger partial charge in [0, 0.05) is 10.7 Å². The smallest absolute Gasteiger partial charge is 0.238 e. The molecule has 1 aromatic carbocycles. The van der Waals surface area contributed by atoms with Gasteiger partial charge in [-0.1, -0.05) is 28.1 Å². The predicted octanol–water partition coefficient (Wildman–Crippen LogP) is 2.88. The second-order valence-corrected chi connectivity index (χ2v) is 4.52. The molecule has 0 aliphatic rings. The van der Waals surface area contributed by atoms with Gasteiger partial charge in [-0.3, -0.25) is 0 Å². The molecular formula is C13H10BrN3O. The van der Waals surface area contributed by atoms with Gasteiger partial charge < -0.3 is 10.5 Å². The third-order valence-corrected chi connectivity index (χ3v) is 2.89. The lowest BCUT2D eigenvalue weighted by atomic mass is 10.2. The number of rotatable bonds is 3. The van der Waals surface area contributed by atoms with Crippen LogP contribution in [-0.4, -0.2) is 4.98 Å².